The first-order valence-electron chi connectivity index (χ1n) is 4.69. The smallest absolute Gasteiger partial charge is 0.227 e. The van der Waals surface area contributed by atoms with Gasteiger partial charge >= 0.3 is 0 Å². The largest absolute Gasteiger partial charge is 0.497 e. The Morgan fingerprint density at radius 2 is 2.06 bits per heavy atom. The van der Waals surface area contributed by atoms with E-state index in [1.165, 1.54) is 19.2 Å². The monoisotopic (exact) mass is 277 g/mol. The van der Waals surface area contributed by atoms with Gasteiger partial charge in [-0.2, -0.15) is 0 Å². The molecule has 1 unspecified atom stereocenters. The van der Waals surface area contributed by atoms with Crippen LogP contribution in [0.2, 0.25) is 0 Å². The van der Waals surface area contributed by atoms with Crippen LogP contribution in [0.25, 0.3) is 0 Å². The maximum Gasteiger partial charge on any atom is 0.227 e. The molecule has 1 aromatic carbocycles. The number of hydrogen-bond acceptors (Lipinski definition) is 5. The highest BCUT2D eigenvalue weighted by atomic mass is 32.3. The molecule has 0 saturated carbocycles. The molecule has 0 aliphatic carbocycles. The summed E-state index contributed by atoms with van der Waals surface area (Å²) in [6.45, 7) is 0. The molecular formula is C9H11NO5S2. The van der Waals surface area contributed by atoms with E-state index in [0.717, 1.165) is 0 Å². The summed E-state index contributed by atoms with van der Waals surface area (Å²) in [6.07, 6.45) is -0.111. The molecule has 1 aromatic rings. The van der Waals surface area contributed by atoms with Crippen molar-refractivity contribution in [1.29, 1.82) is 0 Å². The molecule has 8 heteroatoms. The van der Waals surface area contributed by atoms with E-state index >= 15 is 0 Å². The summed E-state index contributed by atoms with van der Waals surface area (Å²) in [5.74, 6) is 0.363. The van der Waals surface area contributed by atoms with Gasteiger partial charge in [0.2, 0.25) is 10.0 Å². The van der Waals surface area contributed by atoms with Crippen molar-refractivity contribution in [1.82, 2.24) is 0 Å². The first-order valence-corrected chi connectivity index (χ1v) is 7.85. The fourth-order valence-corrected chi connectivity index (χ4v) is 5.43. The van der Waals surface area contributed by atoms with Crippen molar-refractivity contribution in [3.05, 3.63) is 23.8 Å². The number of nitrogens with two attached hydrogens (primary N) is 1. The number of methoxy groups -OCH3 is 1. The highest BCUT2D eigenvalue weighted by molar-refractivity contribution is 8.08. The molecule has 0 spiro atoms. The van der Waals surface area contributed by atoms with Gasteiger partial charge in [0.25, 0.3) is 0 Å². The Morgan fingerprint density at radius 3 is 2.59 bits per heavy atom. The van der Waals surface area contributed by atoms with Gasteiger partial charge in [0.05, 0.1) is 12.0 Å². The number of rotatable bonds is 2. The number of sulfone groups is 1. The summed E-state index contributed by atoms with van der Waals surface area (Å²) < 4.78 is 49.8. The van der Waals surface area contributed by atoms with Crippen molar-refractivity contribution in [2.75, 3.05) is 7.11 Å². The molecule has 0 radical (unpaired) electrons. The molecule has 2 N–H and O–H groups in total. The van der Waals surface area contributed by atoms with Crippen molar-refractivity contribution < 1.29 is 21.6 Å². The van der Waals surface area contributed by atoms with Crippen molar-refractivity contribution in [2.24, 2.45) is 5.14 Å². The summed E-state index contributed by atoms with van der Waals surface area (Å²) in [5, 5.41) is 4.93. The Balaban J connectivity index is 2.64. The predicted octanol–water partition coefficient (Wildman–Crippen LogP) is -0.360. The molecule has 0 bridgehead atoms. The zero-order valence-electron chi connectivity index (χ0n) is 8.95. The van der Waals surface area contributed by atoms with Gasteiger partial charge in [0.1, 0.15) is 5.75 Å². The SMILES string of the molecule is COc1ccc2c(c1)S(=O)(=O)C(S(N)(=O)=O)C2. The molecule has 1 aliphatic heterocycles. The molecule has 0 amide bonds. The molecule has 0 saturated heterocycles. The van der Waals surface area contributed by atoms with E-state index < -0.39 is 24.4 Å². The quantitative estimate of drug-likeness (QED) is 0.795. The molecular weight excluding hydrogens is 266 g/mol. The van der Waals surface area contributed by atoms with Gasteiger partial charge in [-0.1, -0.05) is 6.07 Å². The van der Waals surface area contributed by atoms with Crippen LogP contribution in [-0.2, 0) is 26.3 Å². The minimum atomic E-state index is -4.13. The lowest BCUT2D eigenvalue weighted by Gasteiger charge is -2.06. The minimum Gasteiger partial charge on any atom is -0.497 e. The lowest BCUT2D eigenvalue weighted by atomic mass is 10.2. The number of sulfonamides is 1. The molecule has 0 aromatic heterocycles. The van der Waals surface area contributed by atoms with Crippen LogP contribution in [0.1, 0.15) is 5.56 Å². The van der Waals surface area contributed by atoms with E-state index in [1.54, 1.807) is 6.07 Å². The number of ether oxygens (including phenoxy) is 1. The van der Waals surface area contributed by atoms with Crippen LogP contribution < -0.4 is 9.88 Å². The lowest BCUT2D eigenvalue weighted by Crippen LogP contribution is -2.33. The van der Waals surface area contributed by atoms with Crippen LogP contribution in [0.15, 0.2) is 23.1 Å². The Bertz CT molecular complexity index is 663. The molecule has 1 heterocycles. The molecule has 17 heavy (non-hydrogen) atoms. The summed E-state index contributed by atoms with van der Waals surface area (Å²) in [6, 6.07) is 4.44. The Kier molecular flexibility index (Phi) is 2.68. The number of fused-ring (bicyclic) bond motifs is 1. The standard InChI is InChI=1S/C9H11NO5S2/c1-15-7-3-2-6-4-9(17(10,13)14)16(11,12)8(6)5-7/h2-3,5,9H,4H2,1H3,(H2,10,13,14). The Morgan fingerprint density at radius 1 is 1.41 bits per heavy atom. The number of hydrogen-bond donors (Lipinski definition) is 1. The van der Waals surface area contributed by atoms with E-state index in [-0.39, 0.29) is 11.3 Å². The van der Waals surface area contributed by atoms with Crippen LogP contribution in [0.3, 0.4) is 0 Å². The van der Waals surface area contributed by atoms with E-state index in [0.29, 0.717) is 11.3 Å². The fourth-order valence-electron chi connectivity index (χ4n) is 1.82. The summed E-state index contributed by atoms with van der Waals surface area (Å²) in [7, 11) is -6.65. The highest BCUT2D eigenvalue weighted by Crippen LogP contribution is 2.35. The average Bonchev–Trinajstić information content (AvgIpc) is 2.50. The Labute approximate surface area is 99.4 Å². The maximum atomic E-state index is 12.0. The van der Waals surface area contributed by atoms with E-state index in [9.17, 15) is 16.8 Å². The molecule has 1 aliphatic rings. The second-order valence-corrected chi connectivity index (χ2v) is 7.89. The third-order valence-electron chi connectivity index (χ3n) is 2.68. The molecule has 2 rings (SSSR count). The summed E-state index contributed by atoms with van der Waals surface area (Å²) in [4.78, 5) is -0.0177. The topological polar surface area (TPSA) is 104 Å². The first-order chi connectivity index (χ1) is 7.76. The number of benzene rings is 1. The third kappa shape index (κ3) is 1.92. The van der Waals surface area contributed by atoms with Gasteiger partial charge in [-0.3, -0.25) is 0 Å². The maximum absolute atomic E-state index is 12.0. The van der Waals surface area contributed by atoms with Crippen molar-refractivity contribution >= 4 is 19.9 Å². The zero-order chi connectivity index (χ0) is 12.8. The first kappa shape index (κ1) is 12.3. The van der Waals surface area contributed by atoms with E-state index in [1.807, 2.05) is 0 Å². The minimum absolute atomic E-state index is 0.0177. The van der Waals surface area contributed by atoms with Crippen LogP contribution in [0.4, 0.5) is 0 Å². The van der Waals surface area contributed by atoms with Crippen molar-refractivity contribution in [3.63, 3.8) is 0 Å². The van der Waals surface area contributed by atoms with Crippen molar-refractivity contribution in [3.8, 4) is 5.75 Å². The van der Waals surface area contributed by atoms with E-state index in [2.05, 4.69) is 0 Å². The van der Waals surface area contributed by atoms with Gasteiger partial charge in [-0.05, 0) is 17.7 Å². The predicted molar refractivity (Wildman–Crippen MR) is 60.8 cm³/mol. The molecule has 1 atom stereocenters. The van der Waals surface area contributed by atoms with Gasteiger partial charge in [0.15, 0.2) is 14.4 Å². The molecule has 6 nitrogen and oxygen atoms in total. The normalized spacial score (nSPS) is 22.1. The van der Waals surface area contributed by atoms with E-state index in [4.69, 9.17) is 9.88 Å². The second-order valence-electron chi connectivity index (χ2n) is 3.74. The van der Waals surface area contributed by atoms with Gasteiger partial charge in [0, 0.05) is 6.42 Å². The molecule has 0 fully saturated rings. The van der Waals surface area contributed by atoms with Gasteiger partial charge < -0.3 is 4.74 Å². The van der Waals surface area contributed by atoms with Crippen LogP contribution in [-0.4, -0.2) is 28.5 Å². The van der Waals surface area contributed by atoms with Crippen molar-refractivity contribution in [2.45, 2.75) is 15.9 Å². The average molecular weight is 277 g/mol. The highest BCUT2D eigenvalue weighted by Gasteiger charge is 2.44. The van der Waals surface area contributed by atoms with Gasteiger partial charge in [-0.25, -0.2) is 22.0 Å². The summed E-state index contributed by atoms with van der Waals surface area (Å²) in [5.41, 5.74) is 0.449. The van der Waals surface area contributed by atoms with Crippen LogP contribution in [0, 0.1) is 0 Å². The fraction of sp³-hybridized carbons (Fsp3) is 0.333. The lowest BCUT2D eigenvalue weighted by molar-refractivity contribution is 0.413. The third-order valence-corrected chi connectivity index (χ3v) is 7.00. The second kappa shape index (κ2) is 3.69. The van der Waals surface area contributed by atoms with Crippen LogP contribution in [0.5, 0.6) is 5.75 Å². The molecule has 94 valence electrons. The van der Waals surface area contributed by atoms with Crippen LogP contribution >= 0.6 is 0 Å². The zero-order valence-corrected chi connectivity index (χ0v) is 10.6. The summed E-state index contributed by atoms with van der Waals surface area (Å²) >= 11 is 0. The van der Waals surface area contributed by atoms with Gasteiger partial charge in [-0.15, -0.1) is 0 Å². The number of primary sulfonamides is 1. The Hall–Kier alpha value is -1.12.